The summed E-state index contributed by atoms with van der Waals surface area (Å²) in [5.74, 6) is -2.00. The number of hydrogen-bond donors (Lipinski definition) is 3. The molecule has 0 bridgehead atoms. The van der Waals surface area contributed by atoms with Crippen LogP contribution in [-0.2, 0) is 36.8 Å². The first-order chi connectivity index (χ1) is 27.1. The number of carbonyl (C=O) groups excluding carboxylic acids is 5. The van der Waals surface area contributed by atoms with Crippen LogP contribution < -0.4 is 5.32 Å². The summed E-state index contributed by atoms with van der Waals surface area (Å²) >= 11 is 0. The molecule has 3 N–H and O–H groups in total. The fourth-order valence-corrected chi connectivity index (χ4v) is 5.81. The van der Waals surface area contributed by atoms with Crippen LogP contribution in [0, 0.1) is 11.3 Å². The highest BCUT2D eigenvalue weighted by atomic mass is 16.8. The third-order valence-corrected chi connectivity index (χ3v) is 9.00. The van der Waals surface area contributed by atoms with Crippen LogP contribution in [0.3, 0.4) is 0 Å². The van der Waals surface area contributed by atoms with Crippen molar-refractivity contribution in [3.05, 3.63) is 94.3 Å². The Bertz CT molecular complexity index is 1960. The Morgan fingerprint density at radius 2 is 1.72 bits per heavy atom. The lowest BCUT2D eigenvalue weighted by atomic mass is 9.89. The minimum absolute atomic E-state index is 0.0732. The number of esters is 2. The number of unbranched alkanes of at least 4 members (excludes halogenated alkanes) is 3. The molecule has 304 valence electrons. The second-order valence-corrected chi connectivity index (χ2v) is 15.0. The summed E-state index contributed by atoms with van der Waals surface area (Å²) in [6.07, 6.45) is 4.67. The molecule has 1 saturated carbocycles. The summed E-state index contributed by atoms with van der Waals surface area (Å²) in [4.78, 5) is 70.1. The lowest BCUT2D eigenvalue weighted by Crippen LogP contribution is -2.29. The van der Waals surface area contributed by atoms with E-state index in [-0.39, 0.29) is 52.4 Å². The highest BCUT2D eigenvalue weighted by Crippen LogP contribution is 2.33. The lowest BCUT2D eigenvalue weighted by molar-refractivity contribution is -0.142. The van der Waals surface area contributed by atoms with E-state index in [1.165, 1.54) is 25.1 Å². The van der Waals surface area contributed by atoms with Gasteiger partial charge >= 0.3 is 18.1 Å². The molecule has 13 nitrogen and oxygen atoms in total. The van der Waals surface area contributed by atoms with Crippen molar-refractivity contribution < 1.29 is 48.0 Å². The van der Waals surface area contributed by atoms with E-state index in [1.54, 1.807) is 57.2 Å². The molecule has 1 aromatic heterocycles. The highest BCUT2D eigenvalue weighted by molar-refractivity contribution is 6.09. The Kier molecular flexibility index (Phi) is 15.8. The summed E-state index contributed by atoms with van der Waals surface area (Å²) < 4.78 is 21.0. The zero-order valence-corrected chi connectivity index (χ0v) is 33.4. The van der Waals surface area contributed by atoms with Crippen molar-refractivity contribution in [2.45, 2.75) is 104 Å². The van der Waals surface area contributed by atoms with Crippen molar-refractivity contribution in [1.29, 1.82) is 5.41 Å². The fraction of sp³-hybridized carbons (Fsp3) is 0.432. The fourth-order valence-electron chi connectivity index (χ4n) is 5.81. The molecule has 1 aliphatic carbocycles. The van der Waals surface area contributed by atoms with Crippen LogP contribution in [0.15, 0.2) is 55.1 Å². The average molecular weight is 784 g/mol. The number of nitrogens with one attached hydrogen (secondary N) is 2. The van der Waals surface area contributed by atoms with Gasteiger partial charge in [-0.3, -0.25) is 14.4 Å². The molecule has 0 spiro atoms. The standard InChI is InChI=1S/C44H53N3O10/c1-7-9-10-11-20-54-39(50)24-36(45)31-16-14-28(15-17-31)21-38(49)35-22-30(8-2)32(26-48)23-34(35)33-18-19-37(41(51)46-25-29-12-13-29)47-40(33)42(52)55-27(3)56-43(53)57-44(4,5)6/h8,14-19,22-23,27,29,45,48H,2,7,9-13,20-21,24-26H2,1,3-6H3,(H,46,51). The number of Topliss-reactive ketones (excluding diaryl/α,β-unsaturated/α-hetero) is 1. The SMILES string of the molecule is C=Cc1cc(C(=O)Cc2ccc(C(=N)CC(=O)OCCCCCC)cc2)c(-c2ccc(C(=O)NCC3CC3)nc2C(=O)OC(C)OC(=O)OC(C)(C)C)cc1CO. The highest BCUT2D eigenvalue weighted by Gasteiger charge is 2.28. The minimum Gasteiger partial charge on any atom is -0.465 e. The van der Waals surface area contributed by atoms with Crippen LogP contribution in [0.1, 0.15) is 133 Å². The number of ether oxygens (including phenoxy) is 4. The second kappa shape index (κ2) is 20.5. The molecule has 0 radical (unpaired) electrons. The maximum absolute atomic E-state index is 14.2. The summed E-state index contributed by atoms with van der Waals surface area (Å²) in [7, 11) is 0. The molecule has 0 aliphatic heterocycles. The van der Waals surface area contributed by atoms with E-state index in [0.29, 0.717) is 41.3 Å². The molecule has 0 saturated heterocycles. The number of aromatic nitrogens is 1. The zero-order chi connectivity index (χ0) is 41.7. The van der Waals surface area contributed by atoms with Crippen molar-refractivity contribution in [2.24, 2.45) is 5.92 Å². The van der Waals surface area contributed by atoms with Gasteiger partial charge in [-0.15, -0.1) is 0 Å². The van der Waals surface area contributed by atoms with Crippen LogP contribution >= 0.6 is 0 Å². The molecule has 4 rings (SSSR count). The Hall–Kier alpha value is -5.69. The smallest absolute Gasteiger partial charge is 0.465 e. The van der Waals surface area contributed by atoms with Crippen LogP contribution in [0.5, 0.6) is 0 Å². The van der Waals surface area contributed by atoms with E-state index < -0.39 is 42.5 Å². The van der Waals surface area contributed by atoms with Crippen LogP contribution in [0.4, 0.5) is 4.79 Å². The van der Waals surface area contributed by atoms with Gasteiger partial charge < -0.3 is 34.8 Å². The monoisotopic (exact) mass is 783 g/mol. The van der Waals surface area contributed by atoms with Gasteiger partial charge in [-0.2, -0.15) is 0 Å². The number of pyridine rings is 1. The molecule has 57 heavy (non-hydrogen) atoms. The molecule has 1 unspecified atom stereocenters. The van der Waals surface area contributed by atoms with Crippen LogP contribution in [0.2, 0.25) is 0 Å². The molecule has 2 aromatic carbocycles. The van der Waals surface area contributed by atoms with E-state index in [0.717, 1.165) is 38.5 Å². The van der Waals surface area contributed by atoms with Gasteiger partial charge in [0.1, 0.15) is 11.3 Å². The molecule has 13 heteroatoms. The quantitative estimate of drug-likeness (QED) is 0.0253. The maximum Gasteiger partial charge on any atom is 0.511 e. The van der Waals surface area contributed by atoms with E-state index >= 15 is 0 Å². The predicted octanol–water partition coefficient (Wildman–Crippen LogP) is 7.79. The summed E-state index contributed by atoms with van der Waals surface area (Å²) in [6, 6.07) is 12.7. The van der Waals surface area contributed by atoms with Gasteiger partial charge in [0.2, 0.25) is 6.29 Å². The van der Waals surface area contributed by atoms with Gasteiger partial charge in [0.25, 0.3) is 5.91 Å². The first kappa shape index (κ1) is 44.0. The average Bonchev–Trinajstić information content (AvgIpc) is 4.00. The van der Waals surface area contributed by atoms with Gasteiger partial charge in [-0.25, -0.2) is 14.6 Å². The molecule has 1 amide bonds. The number of aliphatic hydroxyl groups is 1. The van der Waals surface area contributed by atoms with Crippen LogP contribution in [0.25, 0.3) is 17.2 Å². The molecule has 1 aliphatic rings. The third-order valence-electron chi connectivity index (χ3n) is 9.00. The van der Waals surface area contributed by atoms with Crippen molar-refractivity contribution in [3.8, 4) is 11.1 Å². The predicted molar refractivity (Wildman–Crippen MR) is 214 cm³/mol. The number of aliphatic hydroxyl groups excluding tert-OH is 1. The summed E-state index contributed by atoms with van der Waals surface area (Å²) in [5, 5.41) is 21.5. The van der Waals surface area contributed by atoms with Crippen molar-refractivity contribution >= 4 is 41.6 Å². The van der Waals surface area contributed by atoms with E-state index in [1.807, 2.05) is 0 Å². The Balaban J connectivity index is 1.63. The Morgan fingerprint density at radius 3 is 2.35 bits per heavy atom. The summed E-state index contributed by atoms with van der Waals surface area (Å²) in [6.45, 7) is 12.6. The zero-order valence-electron chi connectivity index (χ0n) is 33.4. The Labute approximate surface area is 333 Å². The molecule has 1 atom stereocenters. The molecule has 1 fully saturated rings. The molecule has 1 heterocycles. The topological polar surface area (TPSA) is 191 Å². The maximum atomic E-state index is 14.2. The van der Waals surface area contributed by atoms with Crippen molar-refractivity contribution in [3.63, 3.8) is 0 Å². The normalized spacial score (nSPS) is 12.9. The minimum atomic E-state index is -1.42. The summed E-state index contributed by atoms with van der Waals surface area (Å²) in [5.41, 5.74) is 1.35. The third kappa shape index (κ3) is 13.5. The van der Waals surface area contributed by atoms with Gasteiger partial charge in [-0.05, 0) is 98.0 Å². The number of rotatable bonds is 20. The number of nitrogens with zero attached hydrogens (tertiary/aromatic N) is 1. The molecular formula is C44H53N3O10. The first-order valence-electron chi connectivity index (χ1n) is 19.3. The van der Waals surface area contributed by atoms with Crippen molar-refractivity contribution in [1.82, 2.24) is 10.3 Å². The number of hydrogen-bond acceptors (Lipinski definition) is 12. The van der Waals surface area contributed by atoms with E-state index in [2.05, 4.69) is 23.8 Å². The Morgan fingerprint density at radius 1 is 1.00 bits per heavy atom. The van der Waals surface area contributed by atoms with Crippen molar-refractivity contribution in [2.75, 3.05) is 13.2 Å². The van der Waals surface area contributed by atoms with Gasteiger partial charge in [0, 0.05) is 36.7 Å². The van der Waals surface area contributed by atoms with Gasteiger partial charge in [-0.1, -0.05) is 63.1 Å². The molecular weight excluding hydrogens is 730 g/mol. The van der Waals surface area contributed by atoms with E-state index in [4.69, 9.17) is 24.4 Å². The van der Waals surface area contributed by atoms with Gasteiger partial charge in [0.15, 0.2) is 11.5 Å². The van der Waals surface area contributed by atoms with E-state index in [9.17, 15) is 29.1 Å². The number of amides is 1. The molecule has 3 aromatic rings. The number of benzene rings is 2. The van der Waals surface area contributed by atoms with Crippen LogP contribution in [-0.4, -0.2) is 70.6 Å². The number of ketones is 1. The lowest BCUT2D eigenvalue weighted by Gasteiger charge is -2.21. The number of carbonyl (C=O) groups is 5. The second-order valence-electron chi connectivity index (χ2n) is 15.0. The van der Waals surface area contributed by atoms with Gasteiger partial charge in [0.05, 0.1) is 19.6 Å². The first-order valence-corrected chi connectivity index (χ1v) is 19.3. The largest absolute Gasteiger partial charge is 0.511 e.